The van der Waals surface area contributed by atoms with Gasteiger partial charge in [0.25, 0.3) is 5.91 Å². The zero-order valence-corrected chi connectivity index (χ0v) is 25.3. The zero-order chi connectivity index (χ0) is 29.8. The number of benzene rings is 1. The van der Waals surface area contributed by atoms with E-state index in [9.17, 15) is 18.0 Å². The molecule has 3 aliphatic rings. The maximum Gasteiger partial charge on any atom is 0.251 e. The van der Waals surface area contributed by atoms with Crippen LogP contribution in [0, 0.1) is 0 Å². The number of hydrogen-bond donors (Lipinski definition) is 2. The third kappa shape index (κ3) is 6.62. The predicted octanol–water partition coefficient (Wildman–Crippen LogP) is 3.77. The number of hydrogen-bond acceptors (Lipinski definition) is 10. The minimum atomic E-state index is -3.89. The molecule has 2 N–H and O–H groups in total. The van der Waals surface area contributed by atoms with Crippen LogP contribution in [-0.4, -0.2) is 74.4 Å². The lowest BCUT2D eigenvalue weighted by atomic mass is 10.0. The van der Waals surface area contributed by atoms with Gasteiger partial charge in [0.2, 0.25) is 9.84 Å². The summed E-state index contributed by atoms with van der Waals surface area (Å²) in [6.07, 6.45) is 10.1. The average molecular weight is 620 g/mol. The molecule has 12 heteroatoms. The largest absolute Gasteiger partial charge is 0.380 e. The molecule has 0 radical (unpaired) electrons. The molecule has 43 heavy (non-hydrogen) atoms. The van der Waals surface area contributed by atoms with Crippen LogP contribution in [0.4, 0.5) is 5.69 Å². The number of carbonyl (C=O) groups is 2. The highest BCUT2D eigenvalue weighted by Crippen LogP contribution is 2.35. The number of morpholine rings is 1. The van der Waals surface area contributed by atoms with E-state index >= 15 is 0 Å². The van der Waals surface area contributed by atoms with Gasteiger partial charge in [0, 0.05) is 54.5 Å². The molecule has 0 spiro atoms. The van der Waals surface area contributed by atoms with Crippen molar-refractivity contribution in [3.8, 4) is 10.7 Å². The van der Waals surface area contributed by atoms with Gasteiger partial charge < -0.3 is 15.4 Å². The normalized spacial score (nSPS) is 18.0. The molecule has 1 fully saturated rings. The third-order valence-corrected chi connectivity index (χ3v) is 10.7. The number of allylic oxidation sites excluding steroid dienone is 2. The van der Waals surface area contributed by atoms with E-state index in [1.165, 1.54) is 41.2 Å². The van der Waals surface area contributed by atoms with E-state index in [1.807, 2.05) is 12.3 Å². The molecule has 2 aliphatic heterocycles. The molecule has 1 amide bonds. The molecule has 4 heterocycles. The number of Topliss-reactive ketones (excluding diaryl/α,β-unsaturated/α-hetero) is 1. The summed E-state index contributed by atoms with van der Waals surface area (Å²) < 4.78 is 31.9. The fourth-order valence-corrected chi connectivity index (χ4v) is 7.90. The SMILES string of the molecule is O=C1CC=CC2=C1CNc1cc(C(=O)NCc3cnc(-c4ccc(CCCCN5CCOCC5)cn4)s3)ccc1S2(=O)=O. The van der Waals surface area contributed by atoms with Gasteiger partial charge in [0.1, 0.15) is 5.01 Å². The molecule has 224 valence electrons. The maximum atomic E-state index is 13.2. The Hall–Kier alpha value is -3.71. The van der Waals surface area contributed by atoms with E-state index in [4.69, 9.17) is 4.74 Å². The molecule has 0 unspecified atom stereocenters. The van der Waals surface area contributed by atoms with Gasteiger partial charge in [-0.3, -0.25) is 19.5 Å². The Morgan fingerprint density at radius 1 is 1.09 bits per heavy atom. The summed E-state index contributed by atoms with van der Waals surface area (Å²) in [5.74, 6) is -0.560. The first-order valence-corrected chi connectivity index (χ1v) is 16.7. The smallest absolute Gasteiger partial charge is 0.251 e. The molecule has 2 aromatic heterocycles. The van der Waals surface area contributed by atoms with Gasteiger partial charge in [0.05, 0.1) is 40.9 Å². The van der Waals surface area contributed by atoms with E-state index in [0.29, 0.717) is 11.3 Å². The molecule has 10 nitrogen and oxygen atoms in total. The molecule has 6 rings (SSSR count). The van der Waals surface area contributed by atoms with Crippen LogP contribution in [0.25, 0.3) is 10.7 Å². The van der Waals surface area contributed by atoms with Crippen molar-refractivity contribution < 1.29 is 22.7 Å². The fraction of sp³-hybridized carbons (Fsp3) is 0.355. The van der Waals surface area contributed by atoms with Crippen molar-refractivity contribution in [2.24, 2.45) is 0 Å². The van der Waals surface area contributed by atoms with Crippen LogP contribution < -0.4 is 10.6 Å². The lowest BCUT2D eigenvalue weighted by Crippen LogP contribution is -2.36. The number of ketones is 1. The Balaban J connectivity index is 1.03. The minimum absolute atomic E-state index is 0.0248. The van der Waals surface area contributed by atoms with Crippen LogP contribution in [0.2, 0.25) is 0 Å². The molecule has 1 aliphatic carbocycles. The van der Waals surface area contributed by atoms with Crippen molar-refractivity contribution in [2.45, 2.75) is 37.1 Å². The van der Waals surface area contributed by atoms with Crippen molar-refractivity contribution in [2.75, 3.05) is 44.7 Å². The van der Waals surface area contributed by atoms with Crippen molar-refractivity contribution in [3.05, 3.63) is 81.4 Å². The molecule has 1 aromatic carbocycles. The van der Waals surface area contributed by atoms with Crippen LogP contribution in [-0.2, 0) is 32.3 Å². The lowest BCUT2D eigenvalue weighted by molar-refractivity contribution is -0.114. The van der Waals surface area contributed by atoms with Crippen molar-refractivity contribution in [1.82, 2.24) is 20.2 Å². The predicted molar refractivity (Wildman–Crippen MR) is 165 cm³/mol. The van der Waals surface area contributed by atoms with Crippen LogP contribution in [0.1, 0.15) is 40.1 Å². The summed E-state index contributed by atoms with van der Waals surface area (Å²) in [6, 6.07) is 8.51. The first-order chi connectivity index (χ1) is 20.9. The van der Waals surface area contributed by atoms with E-state index in [1.54, 1.807) is 12.3 Å². The van der Waals surface area contributed by atoms with Gasteiger partial charge in [-0.1, -0.05) is 12.1 Å². The molecular formula is C31H33N5O5S2. The lowest BCUT2D eigenvalue weighted by Gasteiger charge is -2.26. The van der Waals surface area contributed by atoms with Crippen molar-refractivity contribution in [3.63, 3.8) is 0 Å². The van der Waals surface area contributed by atoms with Gasteiger partial charge in [-0.15, -0.1) is 11.3 Å². The summed E-state index contributed by atoms with van der Waals surface area (Å²) in [5, 5.41) is 6.71. The van der Waals surface area contributed by atoms with Crippen LogP contribution in [0.5, 0.6) is 0 Å². The molecule has 0 saturated carbocycles. The van der Waals surface area contributed by atoms with Crippen LogP contribution in [0.3, 0.4) is 0 Å². The van der Waals surface area contributed by atoms with Gasteiger partial charge in [0.15, 0.2) is 5.78 Å². The maximum absolute atomic E-state index is 13.2. The number of sulfone groups is 1. The summed E-state index contributed by atoms with van der Waals surface area (Å²) >= 11 is 1.46. The quantitative estimate of drug-likeness (QED) is 0.344. The highest BCUT2D eigenvalue weighted by molar-refractivity contribution is 7.95. The molecular weight excluding hydrogens is 587 g/mol. The molecule has 3 aromatic rings. The number of amides is 1. The van der Waals surface area contributed by atoms with Gasteiger partial charge in [-0.2, -0.15) is 0 Å². The number of pyridine rings is 1. The standard InChI is InChI=1S/C31H33N5O5S2/c37-27-5-3-6-28-24(27)20-33-26-16-22(8-10-29(26)43(28,39)40)30(38)34-18-23-19-35-31(42-23)25-9-7-21(17-32-25)4-1-2-11-36-12-14-41-15-13-36/h3,6-10,16-17,19,33H,1-2,4-5,11-15,18,20H2,(H,34,38). The second-order valence-corrected chi connectivity index (χ2v) is 13.7. The summed E-state index contributed by atoms with van der Waals surface area (Å²) in [7, 11) is -3.89. The van der Waals surface area contributed by atoms with Crippen molar-refractivity contribution >= 4 is 38.6 Å². The second-order valence-electron chi connectivity index (χ2n) is 10.7. The van der Waals surface area contributed by atoms with Gasteiger partial charge >= 0.3 is 0 Å². The Labute approximate surface area is 254 Å². The van der Waals surface area contributed by atoms with E-state index < -0.39 is 9.84 Å². The first-order valence-electron chi connectivity index (χ1n) is 14.4. The fourth-order valence-electron chi connectivity index (χ4n) is 5.38. The summed E-state index contributed by atoms with van der Waals surface area (Å²) in [5.41, 5.74) is 2.86. The summed E-state index contributed by atoms with van der Waals surface area (Å²) in [4.78, 5) is 37.8. The number of ether oxygens (including phenoxy) is 1. The van der Waals surface area contributed by atoms with E-state index in [2.05, 4.69) is 31.6 Å². The number of nitrogens with one attached hydrogen (secondary N) is 2. The molecule has 0 bridgehead atoms. The molecule has 0 atom stereocenters. The monoisotopic (exact) mass is 619 g/mol. The number of anilines is 1. The average Bonchev–Trinajstić information content (AvgIpc) is 3.47. The minimum Gasteiger partial charge on any atom is -0.380 e. The topological polar surface area (TPSA) is 131 Å². The number of fused-ring (bicyclic) bond motifs is 1. The Kier molecular flexibility index (Phi) is 8.80. The van der Waals surface area contributed by atoms with Crippen molar-refractivity contribution in [1.29, 1.82) is 0 Å². The van der Waals surface area contributed by atoms with Gasteiger partial charge in [-0.25, -0.2) is 13.4 Å². The third-order valence-electron chi connectivity index (χ3n) is 7.80. The number of aryl methyl sites for hydroxylation is 1. The first kappa shape index (κ1) is 29.4. The van der Waals surface area contributed by atoms with E-state index in [0.717, 1.165) is 67.7 Å². The number of unbranched alkanes of at least 4 members (excludes halogenated alkanes) is 1. The Morgan fingerprint density at radius 2 is 1.95 bits per heavy atom. The number of carbonyl (C=O) groups excluding carboxylic acids is 2. The number of aromatic nitrogens is 2. The van der Waals surface area contributed by atoms with Crippen LogP contribution >= 0.6 is 11.3 Å². The number of thiazole rings is 1. The highest BCUT2D eigenvalue weighted by Gasteiger charge is 2.32. The van der Waals surface area contributed by atoms with Crippen LogP contribution in [0.15, 0.2) is 70.3 Å². The highest BCUT2D eigenvalue weighted by atomic mass is 32.2. The summed E-state index contributed by atoms with van der Waals surface area (Å²) in [6.45, 7) is 5.18. The second kappa shape index (κ2) is 12.9. The number of nitrogens with zero attached hydrogens (tertiary/aromatic N) is 3. The van der Waals surface area contributed by atoms with Gasteiger partial charge in [-0.05, 0) is 61.7 Å². The Bertz CT molecular complexity index is 1690. The van der Waals surface area contributed by atoms with E-state index in [-0.39, 0.29) is 46.6 Å². The molecule has 1 saturated heterocycles. The Morgan fingerprint density at radius 3 is 2.77 bits per heavy atom. The zero-order valence-electron chi connectivity index (χ0n) is 23.7. The number of rotatable bonds is 9.